The van der Waals surface area contributed by atoms with Crippen molar-refractivity contribution in [2.45, 2.75) is 33.2 Å². The Labute approximate surface area is 104 Å². The molecule has 0 unspecified atom stereocenters. The van der Waals surface area contributed by atoms with Crippen LogP contribution < -0.4 is 10.6 Å². The molecule has 0 aliphatic heterocycles. The minimum atomic E-state index is -0.224. The molecular formula is C14H23FN2. The first-order chi connectivity index (χ1) is 7.91. The van der Waals surface area contributed by atoms with Crippen molar-refractivity contribution < 1.29 is 4.39 Å². The monoisotopic (exact) mass is 238 g/mol. The molecule has 2 nitrogen and oxygen atoms in total. The quantitative estimate of drug-likeness (QED) is 0.852. The van der Waals surface area contributed by atoms with E-state index in [0.717, 1.165) is 24.2 Å². The first-order valence-corrected chi connectivity index (χ1v) is 6.18. The van der Waals surface area contributed by atoms with Crippen molar-refractivity contribution in [1.29, 1.82) is 0 Å². The van der Waals surface area contributed by atoms with Crippen LogP contribution in [0.1, 0.15) is 38.8 Å². The summed E-state index contributed by atoms with van der Waals surface area (Å²) >= 11 is 0. The van der Waals surface area contributed by atoms with E-state index < -0.39 is 0 Å². The molecule has 1 aromatic carbocycles. The van der Waals surface area contributed by atoms with Crippen LogP contribution in [0.4, 0.5) is 10.1 Å². The Morgan fingerprint density at radius 2 is 1.94 bits per heavy atom. The maximum atomic E-state index is 13.2. The van der Waals surface area contributed by atoms with Gasteiger partial charge in [0.05, 0.1) is 0 Å². The van der Waals surface area contributed by atoms with Gasteiger partial charge in [-0.05, 0) is 43.0 Å². The van der Waals surface area contributed by atoms with Gasteiger partial charge in [-0.2, -0.15) is 0 Å². The van der Waals surface area contributed by atoms with Gasteiger partial charge >= 0.3 is 0 Å². The minimum absolute atomic E-state index is 0.151. The van der Waals surface area contributed by atoms with E-state index in [1.165, 1.54) is 12.1 Å². The summed E-state index contributed by atoms with van der Waals surface area (Å²) in [5.74, 6) is 0.440. The molecule has 1 rings (SSSR count). The van der Waals surface area contributed by atoms with Crippen LogP contribution in [-0.2, 0) is 0 Å². The summed E-state index contributed by atoms with van der Waals surface area (Å²) in [6, 6.07) is 4.69. The number of nitrogens with two attached hydrogens (primary N) is 1. The molecule has 0 aliphatic carbocycles. The molecule has 1 aromatic rings. The normalized spacial score (nSPS) is 12.9. The van der Waals surface area contributed by atoms with Crippen molar-refractivity contribution in [1.82, 2.24) is 0 Å². The molecule has 0 aromatic heterocycles. The van der Waals surface area contributed by atoms with Crippen LogP contribution in [-0.4, -0.2) is 13.6 Å². The number of hydrogen-bond donors (Lipinski definition) is 1. The van der Waals surface area contributed by atoms with Crippen molar-refractivity contribution in [2.24, 2.45) is 11.7 Å². The van der Waals surface area contributed by atoms with E-state index in [0.29, 0.717) is 5.92 Å². The van der Waals surface area contributed by atoms with Crippen LogP contribution in [0.2, 0.25) is 0 Å². The highest BCUT2D eigenvalue weighted by Crippen LogP contribution is 2.25. The zero-order valence-corrected chi connectivity index (χ0v) is 11.2. The number of anilines is 1. The number of halogens is 1. The third-order valence-electron chi connectivity index (χ3n) is 2.93. The van der Waals surface area contributed by atoms with Crippen LogP contribution in [0.3, 0.4) is 0 Å². The fourth-order valence-electron chi connectivity index (χ4n) is 1.81. The van der Waals surface area contributed by atoms with Crippen LogP contribution >= 0.6 is 0 Å². The SMILES string of the molecule is CC(C)CCN(C)c1ccc(F)cc1[C@H](C)N. The summed E-state index contributed by atoms with van der Waals surface area (Å²) in [6.07, 6.45) is 1.12. The highest BCUT2D eigenvalue weighted by atomic mass is 19.1. The van der Waals surface area contributed by atoms with Gasteiger partial charge in [-0.25, -0.2) is 4.39 Å². The van der Waals surface area contributed by atoms with Gasteiger partial charge in [-0.1, -0.05) is 13.8 Å². The van der Waals surface area contributed by atoms with Crippen LogP contribution in [0, 0.1) is 11.7 Å². The van der Waals surface area contributed by atoms with E-state index in [1.807, 2.05) is 20.0 Å². The molecule has 0 saturated heterocycles. The van der Waals surface area contributed by atoms with Crippen LogP contribution in [0.15, 0.2) is 18.2 Å². The lowest BCUT2D eigenvalue weighted by Crippen LogP contribution is -2.23. The molecular weight excluding hydrogens is 215 g/mol. The lowest BCUT2D eigenvalue weighted by Gasteiger charge is -2.24. The molecule has 3 heteroatoms. The van der Waals surface area contributed by atoms with E-state index in [2.05, 4.69) is 18.7 Å². The van der Waals surface area contributed by atoms with Crippen molar-refractivity contribution in [2.75, 3.05) is 18.5 Å². The molecule has 0 saturated carbocycles. The fourth-order valence-corrected chi connectivity index (χ4v) is 1.81. The van der Waals surface area contributed by atoms with E-state index in [1.54, 1.807) is 0 Å². The Kier molecular flexibility index (Phi) is 4.94. The van der Waals surface area contributed by atoms with Crippen LogP contribution in [0.5, 0.6) is 0 Å². The molecule has 17 heavy (non-hydrogen) atoms. The summed E-state index contributed by atoms with van der Waals surface area (Å²) in [6.45, 7) is 7.24. The zero-order valence-electron chi connectivity index (χ0n) is 11.2. The van der Waals surface area contributed by atoms with Gasteiger partial charge in [0, 0.05) is 25.3 Å². The van der Waals surface area contributed by atoms with Crippen LogP contribution in [0.25, 0.3) is 0 Å². The average molecular weight is 238 g/mol. The molecule has 0 radical (unpaired) electrons. The Balaban J connectivity index is 2.88. The van der Waals surface area contributed by atoms with Crippen molar-refractivity contribution >= 4 is 5.69 Å². The summed E-state index contributed by atoms with van der Waals surface area (Å²) in [7, 11) is 2.03. The molecule has 0 heterocycles. The summed E-state index contributed by atoms with van der Waals surface area (Å²) in [5, 5.41) is 0. The predicted molar refractivity (Wildman–Crippen MR) is 71.7 cm³/mol. The van der Waals surface area contributed by atoms with Crippen molar-refractivity contribution in [3.05, 3.63) is 29.6 Å². The molecule has 0 aliphatic rings. The second-order valence-corrected chi connectivity index (χ2v) is 5.10. The smallest absolute Gasteiger partial charge is 0.123 e. The molecule has 0 fully saturated rings. The number of nitrogens with zero attached hydrogens (tertiary/aromatic N) is 1. The van der Waals surface area contributed by atoms with Gasteiger partial charge in [0.15, 0.2) is 0 Å². The van der Waals surface area contributed by atoms with Gasteiger partial charge in [-0.3, -0.25) is 0 Å². The Bertz CT molecular complexity index is 361. The largest absolute Gasteiger partial charge is 0.374 e. The van der Waals surface area contributed by atoms with Gasteiger partial charge in [0.2, 0.25) is 0 Å². The maximum Gasteiger partial charge on any atom is 0.123 e. The highest BCUT2D eigenvalue weighted by Gasteiger charge is 2.12. The molecule has 0 bridgehead atoms. The van der Waals surface area contributed by atoms with E-state index in [9.17, 15) is 4.39 Å². The average Bonchev–Trinajstić information content (AvgIpc) is 2.25. The Hall–Kier alpha value is -1.09. The molecule has 1 atom stereocenters. The first kappa shape index (κ1) is 14.0. The summed E-state index contributed by atoms with van der Waals surface area (Å²) in [5.41, 5.74) is 7.79. The molecule has 96 valence electrons. The first-order valence-electron chi connectivity index (χ1n) is 6.18. The zero-order chi connectivity index (χ0) is 13.0. The van der Waals surface area contributed by atoms with Crippen molar-refractivity contribution in [3.8, 4) is 0 Å². The third kappa shape index (κ3) is 4.00. The summed E-state index contributed by atoms with van der Waals surface area (Å²) in [4.78, 5) is 2.15. The Morgan fingerprint density at radius 3 is 2.47 bits per heavy atom. The standard InChI is InChI=1S/C14H23FN2/c1-10(2)7-8-17(4)14-6-5-12(15)9-13(14)11(3)16/h5-6,9-11H,7-8,16H2,1-4H3/t11-/m0/s1. The minimum Gasteiger partial charge on any atom is -0.374 e. The van der Waals surface area contributed by atoms with Crippen molar-refractivity contribution in [3.63, 3.8) is 0 Å². The Morgan fingerprint density at radius 1 is 1.29 bits per heavy atom. The van der Waals surface area contributed by atoms with Gasteiger partial charge < -0.3 is 10.6 Å². The fraction of sp³-hybridized carbons (Fsp3) is 0.571. The second-order valence-electron chi connectivity index (χ2n) is 5.10. The molecule has 0 amide bonds. The number of hydrogen-bond acceptors (Lipinski definition) is 2. The predicted octanol–water partition coefficient (Wildman–Crippen LogP) is 3.33. The lowest BCUT2D eigenvalue weighted by atomic mass is 10.0. The number of benzene rings is 1. The van der Waals surface area contributed by atoms with Gasteiger partial charge in [-0.15, -0.1) is 0 Å². The lowest BCUT2D eigenvalue weighted by molar-refractivity contribution is 0.583. The second kappa shape index (κ2) is 6.01. The van der Waals surface area contributed by atoms with Gasteiger partial charge in [0.25, 0.3) is 0 Å². The van der Waals surface area contributed by atoms with Gasteiger partial charge in [0.1, 0.15) is 5.82 Å². The number of rotatable bonds is 5. The maximum absolute atomic E-state index is 13.2. The van der Waals surface area contributed by atoms with E-state index in [-0.39, 0.29) is 11.9 Å². The topological polar surface area (TPSA) is 29.3 Å². The summed E-state index contributed by atoms with van der Waals surface area (Å²) < 4.78 is 13.2. The van der Waals surface area contributed by atoms with E-state index in [4.69, 9.17) is 5.73 Å². The third-order valence-corrected chi connectivity index (χ3v) is 2.93. The molecule has 2 N–H and O–H groups in total. The van der Waals surface area contributed by atoms with E-state index >= 15 is 0 Å². The molecule has 0 spiro atoms. The highest BCUT2D eigenvalue weighted by molar-refractivity contribution is 5.54.